The van der Waals surface area contributed by atoms with E-state index in [4.69, 9.17) is 4.74 Å². The zero-order valence-electron chi connectivity index (χ0n) is 6.57. The number of benzene rings is 1. The second kappa shape index (κ2) is 5.32. The van der Waals surface area contributed by atoms with Gasteiger partial charge in [-0.2, -0.15) is 0 Å². The highest BCUT2D eigenvalue weighted by Gasteiger charge is 1.89. The number of nitrogens with one attached hydrogen (secondary N) is 1. The predicted octanol–water partition coefficient (Wildman–Crippen LogP) is 1.07. The summed E-state index contributed by atoms with van der Waals surface area (Å²) in [4.78, 5) is 9.79. The molecule has 0 spiro atoms. The molecular weight excluding hydrogens is 154 g/mol. The lowest BCUT2D eigenvalue weighted by Crippen LogP contribution is -2.08. The van der Waals surface area contributed by atoms with Gasteiger partial charge in [-0.05, 0) is 5.56 Å². The normalized spacial score (nSPS) is 9.33. The van der Waals surface area contributed by atoms with Gasteiger partial charge in [0.05, 0.1) is 6.61 Å². The minimum atomic E-state index is 0.474. The largest absolute Gasteiger partial charge is 0.349 e. The topological polar surface area (TPSA) is 38.3 Å². The van der Waals surface area contributed by atoms with E-state index in [9.17, 15) is 4.79 Å². The molecule has 0 aromatic heterocycles. The lowest BCUT2D eigenvalue weighted by molar-refractivity contribution is -0.110. The van der Waals surface area contributed by atoms with Crippen LogP contribution in [0.5, 0.6) is 0 Å². The molecule has 0 saturated heterocycles. The quantitative estimate of drug-likeness (QED) is 0.522. The van der Waals surface area contributed by atoms with Crippen LogP contribution >= 0.6 is 0 Å². The first-order chi connectivity index (χ1) is 5.93. The first-order valence-corrected chi connectivity index (χ1v) is 3.60. The Hall–Kier alpha value is -1.35. The number of hydrogen-bond donors (Lipinski definition) is 1. The molecule has 0 unspecified atom stereocenters. The summed E-state index contributed by atoms with van der Waals surface area (Å²) in [5, 5.41) is 2.29. The van der Waals surface area contributed by atoms with Crippen LogP contribution in [0.4, 0.5) is 0 Å². The van der Waals surface area contributed by atoms with Gasteiger partial charge in [0.15, 0.2) is 6.73 Å². The van der Waals surface area contributed by atoms with Gasteiger partial charge in [0.2, 0.25) is 6.41 Å². The molecule has 0 heterocycles. The number of rotatable bonds is 5. The van der Waals surface area contributed by atoms with Crippen LogP contribution in [0.2, 0.25) is 0 Å². The molecule has 0 aliphatic heterocycles. The number of carbonyl (C=O) groups is 1. The van der Waals surface area contributed by atoms with Crippen LogP contribution in [0.15, 0.2) is 30.3 Å². The molecule has 63 valence electrons. The first kappa shape index (κ1) is 8.74. The summed E-state index contributed by atoms with van der Waals surface area (Å²) in [6.07, 6.45) is 0.561. The van der Waals surface area contributed by atoms with Crippen molar-refractivity contribution in [1.82, 2.24) is 5.32 Å². The van der Waals surface area contributed by atoms with Gasteiger partial charge in [-0.25, -0.2) is 0 Å². The second-order valence-electron chi connectivity index (χ2n) is 2.20. The van der Waals surface area contributed by atoms with Crippen LogP contribution in [0, 0.1) is 6.73 Å². The smallest absolute Gasteiger partial charge is 0.209 e. The Balaban J connectivity index is 2.20. The van der Waals surface area contributed by atoms with E-state index in [2.05, 4.69) is 5.32 Å². The third kappa shape index (κ3) is 3.16. The van der Waals surface area contributed by atoms with Crippen molar-refractivity contribution in [3.05, 3.63) is 42.6 Å². The fourth-order valence-corrected chi connectivity index (χ4v) is 0.788. The van der Waals surface area contributed by atoms with Crippen molar-refractivity contribution < 1.29 is 9.53 Å². The Morgan fingerprint density at radius 3 is 2.75 bits per heavy atom. The van der Waals surface area contributed by atoms with Gasteiger partial charge < -0.3 is 10.1 Å². The summed E-state index contributed by atoms with van der Waals surface area (Å²) in [6, 6.07) is 9.72. The third-order valence-corrected chi connectivity index (χ3v) is 1.31. The molecule has 0 aliphatic rings. The van der Waals surface area contributed by atoms with Crippen molar-refractivity contribution in [2.45, 2.75) is 6.61 Å². The van der Waals surface area contributed by atoms with E-state index in [1.165, 1.54) is 6.73 Å². The zero-order valence-corrected chi connectivity index (χ0v) is 6.57. The van der Waals surface area contributed by atoms with E-state index in [-0.39, 0.29) is 0 Å². The molecule has 0 bridgehead atoms. The maximum absolute atomic E-state index is 9.79. The fraction of sp³-hybridized carbons (Fsp3) is 0.111. The average Bonchev–Trinajstić information content (AvgIpc) is 2.14. The minimum Gasteiger partial charge on any atom is -0.349 e. The molecular formula is C9H10NO2. The highest BCUT2D eigenvalue weighted by atomic mass is 16.5. The highest BCUT2D eigenvalue weighted by molar-refractivity contribution is 5.46. The van der Waals surface area contributed by atoms with E-state index in [0.717, 1.165) is 5.56 Å². The number of ether oxygens (including phenoxy) is 1. The summed E-state index contributed by atoms with van der Waals surface area (Å²) in [5.74, 6) is 0. The average molecular weight is 164 g/mol. The Bertz CT molecular complexity index is 223. The van der Waals surface area contributed by atoms with E-state index in [1.54, 1.807) is 0 Å². The van der Waals surface area contributed by atoms with E-state index in [0.29, 0.717) is 13.0 Å². The van der Waals surface area contributed by atoms with Gasteiger partial charge in [0, 0.05) is 0 Å². The molecule has 3 heteroatoms. The standard InChI is InChI=1S/C9H10NO2/c11-7-10-8-12-6-9-4-2-1-3-5-9/h1-5,7-8H,6H2,(H,10,11). The molecule has 0 saturated carbocycles. The van der Waals surface area contributed by atoms with Crippen molar-refractivity contribution in [2.75, 3.05) is 0 Å². The molecule has 0 aliphatic carbocycles. The van der Waals surface area contributed by atoms with Gasteiger partial charge >= 0.3 is 0 Å². The Morgan fingerprint density at radius 1 is 1.33 bits per heavy atom. The van der Waals surface area contributed by atoms with Crippen LogP contribution in [-0.2, 0) is 16.1 Å². The van der Waals surface area contributed by atoms with Crippen molar-refractivity contribution in [1.29, 1.82) is 0 Å². The van der Waals surface area contributed by atoms with Crippen LogP contribution in [0.1, 0.15) is 5.56 Å². The Kier molecular flexibility index (Phi) is 3.88. The van der Waals surface area contributed by atoms with Crippen molar-refractivity contribution in [3.8, 4) is 0 Å². The molecule has 1 N–H and O–H groups in total. The lowest BCUT2D eigenvalue weighted by atomic mass is 10.2. The van der Waals surface area contributed by atoms with Gasteiger partial charge in [-0.15, -0.1) is 0 Å². The van der Waals surface area contributed by atoms with Crippen molar-refractivity contribution in [2.24, 2.45) is 0 Å². The second-order valence-corrected chi connectivity index (χ2v) is 2.20. The molecule has 0 atom stereocenters. The summed E-state index contributed by atoms with van der Waals surface area (Å²) < 4.78 is 4.99. The van der Waals surface area contributed by atoms with Crippen LogP contribution in [-0.4, -0.2) is 6.41 Å². The number of amides is 1. The van der Waals surface area contributed by atoms with Crippen LogP contribution in [0.3, 0.4) is 0 Å². The van der Waals surface area contributed by atoms with Crippen LogP contribution in [0.25, 0.3) is 0 Å². The van der Waals surface area contributed by atoms with E-state index < -0.39 is 0 Å². The monoisotopic (exact) mass is 164 g/mol. The molecule has 0 fully saturated rings. The van der Waals surface area contributed by atoms with Gasteiger partial charge in [-0.3, -0.25) is 4.79 Å². The minimum absolute atomic E-state index is 0.474. The highest BCUT2D eigenvalue weighted by Crippen LogP contribution is 1.99. The fourth-order valence-electron chi connectivity index (χ4n) is 0.788. The van der Waals surface area contributed by atoms with E-state index in [1.807, 2.05) is 30.3 Å². The summed E-state index contributed by atoms with van der Waals surface area (Å²) in [7, 11) is 0. The van der Waals surface area contributed by atoms with Crippen LogP contribution < -0.4 is 5.32 Å². The molecule has 1 aromatic carbocycles. The lowest BCUT2D eigenvalue weighted by Gasteiger charge is -2.00. The number of carbonyl (C=O) groups excluding carboxylic acids is 1. The van der Waals surface area contributed by atoms with Crippen molar-refractivity contribution >= 4 is 6.41 Å². The Labute approximate surface area is 71.4 Å². The van der Waals surface area contributed by atoms with Gasteiger partial charge in [0.25, 0.3) is 0 Å². The first-order valence-electron chi connectivity index (χ1n) is 3.60. The van der Waals surface area contributed by atoms with Gasteiger partial charge in [-0.1, -0.05) is 30.3 Å². The Morgan fingerprint density at radius 2 is 2.08 bits per heavy atom. The summed E-state index contributed by atoms with van der Waals surface area (Å²) in [6.45, 7) is 1.74. The maximum Gasteiger partial charge on any atom is 0.209 e. The molecule has 3 nitrogen and oxygen atoms in total. The molecule has 1 rings (SSSR count). The molecule has 1 radical (unpaired) electrons. The van der Waals surface area contributed by atoms with Gasteiger partial charge in [0.1, 0.15) is 0 Å². The summed E-state index contributed by atoms with van der Waals surface area (Å²) >= 11 is 0. The SMILES string of the molecule is O=CN[CH]OCc1ccccc1. The predicted molar refractivity (Wildman–Crippen MR) is 44.7 cm³/mol. The van der Waals surface area contributed by atoms with E-state index >= 15 is 0 Å². The maximum atomic E-state index is 9.79. The summed E-state index contributed by atoms with van der Waals surface area (Å²) in [5.41, 5.74) is 1.07. The zero-order chi connectivity index (χ0) is 8.65. The third-order valence-electron chi connectivity index (χ3n) is 1.31. The van der Waals surface area contributed by atoms with Crippen molar-refractivity contribution in [3.63, 3.8) is 0 Å². The molecule has 1 amide bonds. The number of hydrogen-bond acceptors (Lipinski definition) is 2. The molecule has 12 heavy (non-hydrogen) atoms. The molecule has 1 aromatic rings.